The van der Waals surface area contributed by atoms with Crippen LogP contribution in [-0.2, 0) is 6.42 Å². The lowest BCUT2D eigenvalue weighted by Crippen LogP contribution is -2.34. The molecule has 1 aliphatic rings. The average Bonchev–Trinajstić information content (AvgIpc) is 2.55. The Balaban J connectivity index is 1.84. The van der Waals surface area contributed by atoms with Gasteiger partial charge in [-0.1, -0.05) is 29.8 Å². The summed E-state index contributed by atoms with van der Waals surface area (Å²) in [5.74, 6) is -0.401. The minimum Gasteiger partial charge on any atom is -0.387 e. The van der Waals surface area contributed by atoms with Crippen LogP contribution >= 0.6 is 11.6 Å². The number of aliphatic hydroxyl groups is 1. The zero-order chi connectivity index (χ0) is 16.4. The van der Waals surface area contributed by atoms with Crippen LogP contribution in [0.25, 0.3) is 0 Å². The lowest BCUT2D eigenvalue weighted by Gasteiger charge is -2.33. The number of rotatable bonds is 4. The minimum absolute atomic E-state index is 0.401. The van der Waals surface area contributed by atoms with Gasteiger partial charge in [0.2, 0.25) is 5.91 Å². The molecule has 0 saturated carbocycles. The normalized spacial score (nSPS) is 15.1. The van der Waals surface area contributed by atoms with Crippen molar-refractivity contribution in [3.8, 4) is 0 Å². The minimum atomic E-state index is -0.615. The number of halogens is 1. The molecule has 1 unspecified atom stereocenters. The molecule has 0 spiro atoms. The van der Waals surface area contributed by atoms with E-state index in [1.54, 1.807) is 18.2 Å². The summed E-state index contributed by atoms with van der Waals surface area (Å²) in [5, 5.41) is 11.1. The summed E-state index contributed by atoms with van der Waals surface area (Å²) in [6.45, 7) is 1.32. The zero-order valence-electron chi connectivity index (χ0n) is 12.7. The van der Waals surface area contributed by atoms with Crippen LogP contribution in [0.4, 0.5) is 5.69 Å². The lowest BCUT2D eigenvalue weighted by molar-refractivity contribution is 0.0999. The molecule has 0 radical (unpaired) electrons. The van der Waals surface area contributed by atoms with E-state index in [4.69, 9.17) is 17.3 Å². The van der Waals surface area contributed by atoms with Crippen molar-refractivity contribution in [3.63, 3.8) is 0 Å². The Morgan fingerprint density at radius 1 is 1.26 bits per heavy atom. The molecule has 0 saturated heterocycles. The van der Waals surface area contributed by atoms with E-state index in [0.717, 1.165) is 36.2 Å². The molecule has 2 aromatic rings. The van der Waals surface area contributed by atoms with Crippen molar-refractivity contribution >= 4 is 23.2 Å². The van der Waals surface area contributed by atoms with Gasteiger partial charge in [0.15, 0.2) is 0 Å². The van der Waals surface area contributed by atoms with Crippen LogP contribution in [0.1, 0.15) is 34.0 Å². The third-order valence-corrected chi connectivity index (χ3v) is 4.51. The number of aliphatic hydroxyl groups excluding tert-OH is 1. The highest BCUT2D eigenvalue weighted by atomic mass is 35.5. The Bertz CT molecular complexity index is 715. The van der Waals surface area contributed by atoms with Crippen molar-refractivity contribution in [2.45, 2.75) is 18.9 Å². The topological polar surface area (TPSA) is 66.6 Å². The number of anilines is 1. The first kappa shape index (κ1) is 15.8. The number of hydrogen-bond acceptors (Lipinski definition) is 3. The molecule has 4 nitrogen and oxygen atoms in total. The third-order valence-electron chi connectivity index (χ3n) is 4.26. The highest BCUT2D eigenvalue weighted by Gasteiger charge is 2.23. The number of primary amides is 1. The summed E-state index contributed by atoms with van der Waals surface area (Å²) < 4.78 is 0. The predicted molar refractivity (Wildman–Crippen MR) is 91.9 cm³/mol. The molecule has 0 fully saturated rings. The van der Waals surface area contributed by atoms with E-state index in [-0.39, 0.29) is 0 Å². The van der Waals surface area contributed by atoms with Crippen LogP contribution in [-0.4, -0.2) is 24.1 Å². The van der Waals surface area contributed by atoms with E-state index >= 15 is 0 Å². The smallest absolute Gasteiger partial charge is 0.249 e. The zero-order valence-corrected chi connectivity index (χ0v) is 13.5. The van der Waals surface area contributed by atoms with E-state index in [9.17, 15) is 9.90 Å². The fourth-order valence-corrected chi connectivity index (χ4v) is 3.25. The summed E-state index contributed by atoms with van der Waals surface area (Å²) >= 11 is 5.89. The summed E-state index contributed by atoms with van der Waals surface area (Å²) in [7, 11) is 0. The molecule has 5 heteroatoms. The van der Waals surface area contributed by atoms with Gasteiger partial charge < -0.3 is 15.7 Å². The van der Waals surface area contributed by atoms with E-state index in [1.165, 1.54) is 0 Å². The monoisotopic (exact) mass is 330 g/mol. The van der Waals surface area contributed by atoms with Crippen molar-refractivity contribution in [1.82, 2.24) is 0 Å². The average molecular weight is 331 g/mol. The van der Waals surface area contributed by atoms with Gasteiger partial charge in [-0.2, -0.15) is 0 Å². The van der Waals surface area contributed by atoms with Crippen LogP contribution in [0, 0.1) is 0 Å². The van der Waals surface area contributed by atoms with Gasteiger partial charge in [0, 0.05) is 29.4 Å². The van der Waals surface area contributed by atoms with Crippen molar-refractivity contribution in [2.75, 3.05) is 18.0 Å². The molecule has 3 N–H and O–H groups in total. The molecule has 1 amide bonds. The molecule has 0 aliphatic carbocycles. The Morgan fingerprint density at radius 3 is 2.70 bits per heavy atom. The van der Waals surface area contributed by atoms with Gasteiger partial charge in [0.1, 0.15) is 0 Å². The standard InChI is InChI=1S/C18H19ClN2O2/c19-13-8-6-12(7-9-13)17(22)11-21-10-2-4-14-15(18(20)23)3-1-5-16(14)21/h1,3,5-9,17,22H,2,4,10-11H2,(H2,20,23). The number of fused-ring (bicyclic) bond motifs is 1. The second-order valence-electron chi connectivity index (χ2n) is 5.78. The van der Waals surface area contributed by atoms with Crippen molar-refractivity contribution in [1.29, 1.82) is 0 Å². The molecule has 0 bridgehead atoms. The first-order chi connectivity index (χ1) is 11.1. The number of nitrogens with zero attached hydrogens (tertiary/aromatic N) is 1. The fourth-order valence-electron chi connectivity index (χ4n) is 3.12. The van der Waals surface area contributed by atoms with Gasteiger partial charge in [-0.05, 0) is 48.2 Å². The molecule has 1 aliphatic heterocycles. The number of carbonyl (C=O) groups excluding carboxylic acids is 1. The largest absolute Gasteiger partial charge is 0.387 e. The Kier molecular flexibility index (Phi) is 4.55. The first-order valence-electron chi connectivity index (χ1n) is 7.66. The number of nitrogens with two attached hydrogens (primary N) is 1. The molecule has 3 rings (SSSR count). The van der Waals surface area contributed by atoms with Gasteiger partial charge in [-0.25, -0.2) is 0 Å². The van der Waals surface area contributed by atoms with Crippen molar-refractivity contribution in [3.05, 3.63) is 64.2 Å². The molecular formula is C18H19ClN2O2. The van der Waals surface area contributed by atoms with Gasteiger partial charge >= 0.3 is 0 Å². The number of hydrogen-bond donors (Lipinski definition) is 2. The molecule has 1 atom stereocenters. The molecule has 0 aromatic heterocycles. The van der Waals surface area contributed by atoms with E-state index < -0.39 is 12.0 Å². The van der Waals surface area contributed by atoms with Crippen molar-refractivity contribution < 1.29 is 9.90 Å². The Labute approximate surface area is 140 Å². The van der Waals surface area contributed by atoms with E-state index in [2.05, 4.69) is 4.90 Å². The van der Waals surface area contributed by atoms with E-state index in [0.29, 0.717) is 17.1 Å². The maximum Gasteiger partial charge on any atom is 0.249 e. The molecule has 1 heterocycles. The number of amides is 1. The highest BCUT2D eigenvalue weighted by Crippen LogP contribution is 2.31. The van der Waals surface area contributed by atoms with Crippen LogP contribution in [0.2, 0.25) is 5.02 Å². The molecule has 2 aromatic carbocycles. The SMILES string of the molecule is NC(=O)c1cccc2c1CCCN2CC(O)c1ccc(Cl)cc1. The first-order valence-corrected chi connectivity index (χ1v) is 8.04. The fraction of sp³-hybridized carbons (Fsp3) is 0.278. The number of β-amino-alcohol motifs (C(OH)–C–C–N with tert-alkyl or cyclic N) is 1. The summed E-state index contributed by atoms with van der Waals surface area (Å²) in [6.07, 6.45) is 1.16. The summed E-state index contributed by atoms with van der Waals surface area (Å²) in [6, 6.07) is 12.8. The van der Waals surface area contributed by atoms with Gasteiger partial charge in [-0.3, -0.25) is 4.79 Å². The maximum absolute atomic E-state index is 11.6. The second-order valence-corrected chi connectivity index (χ2v) is 6.22. The number of carbonyl (C=O) groups is 1. The summed E-state index contributed by atoms with van der Waals surface area (Å²) in [4.78, 5) is 13.7. The highest BCUT2D eigenvalue weighted by molar-refractivity contribution is 6.30. The molecule has 120 valence electrons. The molecule has 23 heavy (non-hydrogen) atoms. The predicted octanol–water partition coefficient (Wildman–Crippen LogP) is 2.93. The third kappa shape index (κ3) is 3.33. The second kappa shape index (κ2) is 6.60. The summed E-state index contributed by atoms with van der Waals surface area (Å²) in [5.41, 5.74) is 8.84. The van der Waals surface area contributed by atoms with Crippen LogP contribution < -0.4 is 10.6 Å². The van der Waals surface area contributed by atoms with Crippen LogP contribution in [0.15, 0.2) is 42.5 Å². The van der Waals surface area contributed by atoms with Gasteiger partial charge in [0.05, 0.1) is 6.10 Å². The Hall–Kier alpha value is -2.04. The lowest BCUT2D eigenvalue weighted by atomic mass is 9.95. The number of benzene rings is 2. The quantitative estimate of drug-likeness (QED) is 0.905. The Morgan fingerprint density at radius 2 is 2.00 bits per heavy atom. The van der Waals surface area contributed by atoms with Crippen molar-refractivity contribution in [2.24, 2.45) is 5.73 Å². The van der Waals surface area contributed by atoms with E-state index in [1.807, 2.05) is 24.3 Å². The van der Waals surface area contributed by atoms with Gasteiger partial charge in [-0.15, -0.1) is 0 Å². The maximum atomic E-state index is 11.6. The molecular weight excluding hydrogens is 312 g/mol. The van der Waals surface area contributed by atoms with Gasteiger partial charge in [0.25, 0.3) is 0 Å². The van der Waals surface area contributed by atoms with Crippen LogP contribution in [0.5, 0.6) is 0 Å². The van der Waals surface area contributed by atoms with Crippen LogP contribution in [0.3, 0.4) is 0 Å².